The van der Waals surface area contributed by atoms with Gasteiger partial charge in [-0.25, -0.2) is 0 Å². The Morgan fingerprint density at radius 1 is 1.53 bits per heavy atom. The van der Waals surface area contributed by atoms with E-state index in [0.717, 1.165) is 5.56 Å². The molecule has 0 unspecified atom stereocenters. The Labute approximate surface area is 101 Å². The molecule has 90 valence electrons. The summed E-state index contributed by atoms with van der Waals surface area (Å²) in [5, 5.41) is 11.3. The zero-order valence-corrected chi connectivity index (χ0v) is 10.1. The number of rotatable bonds is 5. The van der Waals surface area contributed by atoms with Crippen molar-refractivity contribution < 1.29 is 9.53 Å². The number of ether oxygens (including phenoxy) is 1. The average molecular weight is 232 g/mol. The maximum atomic E-state index is 11.9. The SMILES string of the molecule is COCc1ccccc1C(=O)N[C@H](C)CC#N. The van der Waals surface area contributed by atoms with Crippen LogP contribution >= 0.6 is 0 Å². The van der Waals surface area contributed by atoms with Crippen LogP contribution in [0.5, 0.6) is 0 Å². The first-order valence-electron chi connectivity index (χ1n) is 5.43. The molecular formula is C13H16N2O2. The molecule has 0 saturated carbocycles. The molecule has 17 heavy (non-hydrogen) atoms. The Hall–Kier alpha value is -1.86. The molecule has 4 nitrogen and oxygen atoms in total. The second-order valence-corrected chi connectivity index (χ2v) is 3.83. The number of amides is 1. The van der Waals surface area contributed by atoms with E-state index in [0.29, 0.717) is 18.6 Å². The van der Waals surface area contributed by atoms with Crippen LogP contribution in [0.15, 0.2) is 24.3 Å². The fraction of sp³-hybridized carbons (Fsp3) is 0.385. The zero-order chi connectivity index (χ0) is 12.7. The largest absolute Gasteiger partial charge is 0.380 e. The van der Waals surface area contributed by atoms with Gasteiger partial charge < -0.3 is 10.1 Å². The molecule has 1 aromatic carbocycles. The quantitative estimate of drug-likeness (QED) is 0.842. The summed E-state index contributed by atoms with van der Waals surface area (Å²) in [6.07, 6.45) is 0.304. The van der Waals surface area contributed by atoms with Crippen LogP contribution < -0.4 is 5.32 Å². The lowest BCUT2D eigenvalue weighted by atomic mass is 10.1. The van der Waals surface area contributed by atoms with Gasteiger partial charge in [0.05, 0.1) is 19.1 Å². The summed E-state index contributed by atoms with van der Waals surface area (Å²) >= 11 is 0. The first-order chi connectivity index (χ1) is 8.19. The molecule has 0 fully saturated rings. The van der Waals surface area contributed by atoms with Crippen LogP contribution in [0.4, 0.5) is 0 Å². The van der Waals surface area contributed by atoms with Crippen LogP contribution in [0.2, 0.25) is 0 Å². The van der Waals surface area contributed by atoms with Gasteiger partial charge in [0.15, 0.2) is 0 Å². The Balaban J connectivity index is 2.78. The standard InChI is InChI=1S/C13H16N2O2/c1-10(7-8-14)15-13(16)12-6-4-3-5-11(12)9-17-2/h3-6,10H,7,9H2,1-2H3,(H,15,16)/t10-/m1/s1. The van der Waals surface area contributed by atoms with Crippen LogP contribution in [0.3, 0.4) is 0 Å². The van der Waals surface area contributed by atoms with Crippen molar-refractivity contribution in [3.63, 3.8) is 0 Å². The summed E-state index contributed by atoms with van der Waals surface area (Å²) < 4.78 is 5.04. The van der Waals surface area contributed by atoms with Crippen molar-refractivity contribution in [3.05, 3.63) is 35.4 Å². The van der Waals surface area contributed by atoms with Gasteiger partial charge in [0.2, 0.25) is 0 Å². The van der Waals surface area contributed by atoms with Crippen molar-refractivity contribution in [3.8, 4) is 6.07 Å². The summed E-state index contributed by atoms with van der Waals surface area (Å²) in [6.45, 7) is 2.20. The molecule has 1 N–H and O–H groups in total. The topological polar surface area (TPSA) is 62.1 Å². The normalized spacial score (nSPS) is 11.6. The molecule has 0 aliphatic heterocycles. The highest BCUT2D eigenvalue weighted by atomic mass is 16.5. The Morgan fingerprint density at radius 3 is 2.88 bits per heavy atom. The third-order valence-electron chi connectivity index (χ3n) is 2.34. The van der Waals surface area contributed by atoms with E-state index in [-0.39, 0.29) is 11.9 Å². The van der Waals surface area contributed by atoms with Gasteiger partial charge in [-0.1, -0.05) is 18.2 Å². The fourth-order valence-corrected chi connectivity index (χ4v) is 1.51. The Morgan fingerprint density at radius 2 is 2.24 bits per heavy atom. The third kappa shape index (κ3) is 3.89. The maximum absolute atomic E-state index is 11.9. The molecule has 1 atom stereocenters. The van der Waals surface area contributed by atoms with Gasteiger partial charge in [-0.15, -0.1) is 0 Å². The lowest BCUT2D eigenvalue weighted by Gasteiger charge is -2.12. The van der Waals surface area contributed by atoms with Gasteiger partial charge in [-0.05, 0) is 18.6 Å². The first kappa shape index (κ1) is 13.2. The second kappa shape index (κ2) is 6.66. The number of carbonyl (C=O) groups is 1. The Kier molecular flexibility index (Phi) is 5.18. The zero-order valence-electron chi connectivity index (χ0n) is 10.1. The van der Waals surface area contributed by atoms with E-state index >= 15 is 0 Å². The molecule has 4 heteroatoms. The molecule has 0 bridgehead atoms. The summed E-state index contributed by atoms with van der Waals surface area (Å²) in [6, 6.07) is 9.16. The molecule has 1 amide bonds. The number of nitrogens with zero attached hydrogens (tertiary/aromatic N) is 1. The van der Waals surface area contributed by atoms with E-state index < -0.39 is 0 Å². The predicted molar refractivity (Wildman–Crippen MR) is 64.3 cm³/mol. The molecule has 0 aliphatic rings. The first-order valence-corrected chi connectivity index (χ1v) is 5.43. The van der Waals surface area contributed by atoms with Gasteiger partial charge in [0.25, 0.3) is 5.91 Å². The van der Waals surface area contributed by atoms with Crippen molar-refractivity contribution in [1.29, 1.82) is 5.26 Å². The van der Waals surface area contributed by atoms with E-state index in [2.05, 4.69) is 5.32 Å². The van der Waals surface area contributed by atoms with E-state index in [9.17, 15) is 4.79 Å². The van der Waals surface area contributed by atoms with Crippen molar-refractivity contribution in [1.82, 2.24) is 5.32 Å². The number of carbonyl (C=O) groups excluding carboxylic acids is 1. The van der Waals surface area contributed by atoms with E-state index in [1.807, 2.05) is 24.3 Å². The van der Waals surface area contributed by atoms with Gasteiger partial charge in [0, 0.05) is 18.7 Å². The number of hydrogen-bond donors (Lipinski definition) is 1. The van der Waals surface area contributed by atoms with Crippen molar-refractivity contribution >= 4 is 5.91 Å². The van der Waals surface area contributed by atoms with Gasteiger partial charge in [0.1, 0.15) is 0 Å². The summed E-state index contributed by atoms with van der Waals surface area (Å²) in [4.78, 5) is 11.9. The highest BCUT2D eigenvalue weighted by Gasteiger charge is 2.12. The van der Waals surface area contributed by atoms with Gasteiger partial charge >= 0.3 is 0 Å². The van der Waals surface area contributed by atoms with E-state index in [1.54, 1.807) is 20.1 Å². The minimum Gasteiger partial charge on any atom is -0.380 e. The third-order valence-corrected chi connectivity index (χ3v) is 2.34. The highest BCUT2D eigenvalue weighted by Crippen LogP contribution is 2.10. The van der Waals surface area contributed by atoms with Crippen molar-refractivity contribution in [2.75, 3.05) is 7.11 Å². The summed E-state index contributed by atoms with van der Waals surface area (Å²) in [5.41, 5.74) is 1.44. The summed E-state index contributed by atoms with van der Waals surface area (Å²) in [7, 11) is 1.59. The maximum Gasteiger partial charge on any atom is 0.251 e. The molecule has 0 saturated heterocycles. The van der Waals surface area contributed by atoms with E-state index in [4.69, 9.17) is 10.00 Å². The van der Waals surface area contributed by atoms with E-state index in [1.165, 1.54) is 0 Å². The summed E-state index contributed by atoms with van der Waals surface area (Å²) in [5.74, 6) is -0.166. The van der Waals surface area contributed by atoms with Crippen LogP contribution in [0, 0.1) is 11.3 Å². The average Bonchev–Trinajstić information content (AvgIpc) is 2.30. The smallest absolute Gasteiger partial charge is 0.251 e. The lowest BCUT2D eigenvalue weighted by molar-refractivity contribution is 0.0936. The molecular weight excluding hydrogens is 216 g/mol. The highest BCUT2D eigenvalue weighted by molar-refractivity contribution is 5.95. The molecule has 0 heterocycles. The molecule has 1 aromatic rings. The molecule has 0 radical (unpaired) electrons. The monoisotopic (exact) mass is 232 g/mol. The molecule has 1 rings (SSSR count). The van der Waals surface area contributed by atoms with Gasteiger partial charge in [-0.2, -0.15) is 5.26 Å². The van der Waals surface area contributed by atoms with Crippen molar-refractivity contribution in [2.45, 2.75) is 26.0 Å². The van der Waals surface area contributed by atoms with Gasteiger partial charge in [-0.3, -0.25) is 4.79 Å². The Bertz CT molecular complexity index is 424. The van der Waals surface area contributed by atoms with Crippen LogP contribution in [-0.4, -0.2) is 19.1 Å². The minimum absolute atomic E-state index is 0.150. The predicted octanol–water partition coefficient (Wildman–Crippen LogP) is 1.86. The molecule has 0 spiro atoms. The second-order valence-electron chi connectivity index (χ2n) is 3.83. The molecule has 0 aromatic heterocycles. The fourth-order valence-electron chi connectivity index (χ4n) is 1.51. The van der Waals surface area contributed by atoms with Crippen LogP contribution in [0.1, 0.15) is 29.3 Å². The molecule has 0 aliphatic carbocycles. The number of methoxy groups -OCH3 is 1. The van der Waals surface area contributed by atoms with Crippen molar-refractivity contribution in [2.24, 2.45) is 0 Å². The van der Waals surface area contributed by atoms with Crippen LogP contribution in [0.25, 0.3) is 0 Å². The number of hydrogen-bond acceptors (Lipinski definition) is 3. The van der Waals surface area contributed by atoms with Crippen LogP contribution in [-0.2, 0) is 11.3 Å². The number of benzene rings is 1. The lowest BCUT2D eigenvalue weighted by Crippen LogP contribution is -2.32. The minimum atomic E-state index is -0.166. The number of nitriles is 1. The number of nitrogens with one attached hydrogen (secondary N) is 1.